The molecule has 0 radical (unpaired) electrons. The van der Waals surface area contributed by atoms with Crippen LogP contribution in [0, 0.1) is 0 Å². The van der Waals surface area contributed by atoms with Gasteiger partial charge in [0.15, 0.2) is 0 Å². The van der Waals surface area contributed by atoms with E-state index in [1.165, 1.54) is 4.90 Å². The third kappa shape index (κ3) is 4.61. The molecular formula is C18H15BrClN3O2. The first-order valence-electron chi connectivity index (χ1n) is 7.55. The molecule has 2 aromatic carbocycles. The molecule has 128 valence electrons. The minimum Gasteiger partial charge on any atom is -0.444 e. The van der Waals surface area contributed by atoms with Crippen LogP contribution in [0.1, 0.15) is 11.4 Å². The fraction of sp³-hybridized carbons (Fsp3) is 0.111. The molecule has 3 aromatic rings. The Kier molecular flexibility index (Phi) is 5.73. The molecule has 0 aliphatic carbocycles. The summed E-state index contributed by atoms with van der Waals surface area (Å²) in [6, 6.07) is 14.8. The average molecular weight is 421 g/mol. The Morgan fingerprint density at radius 2 is 2.04 bits per heavy atom. The molecule has 0 atom stereocenters. The molecule has 0 fully saturated rings. The third-order valence-electron chi connectivity index (χ3n) is 3.50. The summed E-state index contributed by atoms with van der Waals surface area (Å²) in [6.07, 6.45) is 2.87. The number of carbonyl (C=O) groups is 1. The van der Waals surface area contributed by atoms with Crippen LogP contribution in [0.5, 0.6) is 0 Å². The fourth-order valence-electron chi connectivity index (χ4n) is 2.25. The number of hydrogen-bond donors (Lipinski definition) is 1. The molecule has 1 heterocycles. The zero-order valence-corrected chi connectivity index (χ0v) is 15.5. The van der Waals surface area contributed by atoms with Gasteiger partial charge >= 0.3 is 6.09 Å². The van der Waals surface area contributed by atoms with Crippen molar-refractivity contribution in [2.75, 3.05) is 4.90 Å². The highest BCUT2D eigenvalue weighted by molar-refractivity contribution is 9.10. The molecule has 25 heavy (non-hydrogen) atoms. The summed E-state index contributed by atoms with van der Waals surface area (Å²) in [5, 5.41) is 0.512. The number of benzene rings is 2. The fourth-order valence-corrected chi connectivity index (χ4v) is 2.67. The van der Waals surface area contributed by atoms with E-state index in [4.69, 9.17) is 16.3 Å². The number of anilines is 1. The van der Waals surface area contributed by atoms with E-state index >= 15 is 0 Å². The molecule has 0 aliphatic rings. The minimum absolute atomic E-state index is 0.193. The number of carbonyl (C=O) groups excluding carboxylic acids is 1. The van der Waals surface area contributed by atoms with Gasteiger partial charge in [0.1, 0.15) is 12.4 Å². The van der Waals surface area contributed by atoms with Gasteiger partial charge in [0, 0.05) is 22.6 Å². The van der Waals surface area contributed by atoms with Crippen molar-refractivity contribution in [2.24, 2.45) is 0 Å². The number of imidazole rings is 1. The molecule has 3 rings (SSSR count). The first-order chi connectivity index (χ1) is 12.1. The molecule has 0 saturated heterocycles. The van der Waals surface area contributed by atoms with E-state index < -0.39 is 6.09 Å². The van der Waals surface area contributed by atoms with Crippen molar-refractivity contribution < 1.29 is 9.53 Å². The normalized spacial score (nSPS) is 10.5. The Bertz CT molecular complexity index is 841. The van der Waals surface area contributed by atoms with Gasteiger partial charge in [0.2, 0.25) is 0 Å². The van der Waals surface area contributed by atoms with Gasteiger partial charge in [-0.15, -0.1) is 0 Å². The molecular weight excluding hydrogens is 406 g/mol. The van der Waals surface area contributed by atoms with Crippen LogP contribution in [0.3, 0.4) is 0 Å². The van der Waals surface area contributed by atoms with Crippen LogP contribution in [0.15, 0.2) is 65.4 Å². The summed E-state index contributed by atoms with van der Waals surface area (Å²) >= 11 is 9.52. The number of H-pyrrole nitrogens is 1. The second-order valence-corrected chi connectivity index (χ2v) is 6.52. The average Bonchev–Trinajstić information content (AvgIpc) is 3.14. The number of amides is 1. The number of halogens is 2. The van der Waals surface area contributed by atoms with Crippen LogP contribution in [0.4, 0.5) is 10.5 Å². The van der Waals surface area contributed by atoms with E-state index in [1.54, 1.807) is 30.6 Å². The van der Waals surface area contributed by atoms with Crippen LogP contribution < -0.4 is 4.90 Å². The highest BCUT2D eigenvalue weighted by Gasteiger charge is 2.20. The highest BCUT2D eigenvalue weighted by Crippen LogP contribution is 2.28. The number of aromatic nitrogens is 2. The second-order valence-electron chi connectivity index (χ2n) is 5.26. The van der Waals surface area contributed by atoms with Gasteiger partial charge in [-0.05, 0) is 39.7 Å². The van der Waals surface area contributed by atoms with E-state index in [1.807, 2.05) is 30.3 Å². The molecule has 5 nitrogen and oxygen atoms in total. The molecule has 1 aromatic heterocycles. The number of hydrogen-bond acceptors (Lipinski definition) is 3. The van der Waals surface area contributed by atoms with Crippen molar-refractivity contribution >= 4 is 39.3 Å². The first-order valence-corrected chi connectivity index (χ1v) is 8.72. The maximum absolute atomic E-state index is 12.6. The molecule has 0 saturated carbocycles. The minimum atomic E-state index is -0.473. The van der Waals surface area contributed by atoms with Crippen molar-refractivity contribution in [1.82, 2.24) is 9.97 Å². The lowest BCUT2D eigenvalue weighted by Crippen LogP contribution is -2.31. The number of nitrogens with one attached hydrogen (secondary N) is 1. The zero-order valence-electron chi connectivity index (χ0n) is 13.2. The lowest BCUT2D eigenvalue weighted by atomic mass is 10.2. The van der Waals surface area contributed by atoms with Gasteiger partial charge < -0.3 is 9.72 Å². The summed E-state index contributed by atoms with van der Waals surface area (Å²) in [7, 11) is 0. The smallest absolute Gasteiger partial charge is 0.415 e. The Balaban J connectivity index is 1.79. The standard InChI is InChI=1S/C18H15BrClN3O2/c19-15-7-6-14(10-16(15)20)23(11-17-21-8-9-22-17)18(24)25-12-13-4-2-1-3-5-13/h1-10H,11-12H2,(H,21,22). The maximum Gasteiger partial charge on any atom is 0.415 e. The quantitative estimate of drug-likeness (QED) is 0.619. The van der Waals surface area contributed by atoms with Gasteiger partial charge in [0.05, 0.1) is 11.6 Å². The van der Waals surface area contributed by atoms with Gasteiger partial charge in [-0.25, -0.2) is 9.78 Å². The number of rotatable bonds is 5. The van der Waals surface area contributed by atoms with Crippen molar-refractivity contribution in [3.63, 3.8) is 0 Å². The Morgan fingerprint density at radius 3 is 2.72 bits per heavy atom. The van der Waals surface area contributed by atoms with Crippen LogP contribution in [0.25, 0.3) is 0 Å². The largest absolute Gasteiger partial charge is 0.444 e. The number of aromatic amines is 1. The summed E-state index contributed by atoms with van der Waals surface area (Å²) in [5.74, 6) is 0.649. The molecule has 0 bridgehead atoms. The number of nitrogens with zero attached hydrogens (tertiary/aromatic N) is 2. The van der Waals surface area contributed by atoms with E-state index in [2.05, 4.69) is 25.9 Å². The Labute approximate surface area is 158 Å². The van der Waals surface area contributed by atoms with E-state index in [-0.39, 0.29) is 13.2 Å². The van der Waals surface area contributed by atoms with Gasteiger partial charge in [-0.1, -0.05) is 41.9 Å². The van der Waals surface area contributed by atoms with E-state index in [0.29, 0.717) is 16.5 Å². The lowest BCUT2D eigenvalue weighted by Gasteiger charge is -2.22. The Hall–Kier alpha value is -2.31. The van der Waals surface area contributed by atoms with Crippen LogP contribution >= 0.6 is 27.5 Å². The summed E-state index contributed by atoms with van der Waals surface area (Å²) in [6.45, 7) is 0.442. The SMILES string of the molecule is O=C(OCc1ccccc1)N(Cc1ncc[nH]1)c1ccc(Br)c(Cl)c1. The zero-order chi connectivity index (χ0) is 17.6. The predicted molar refractivity (Wildman–Crippen MR) is 101 cm³/mol. The maximum atomic E-state index is 12.6. The van der Waals surface area contributed by atoms with Crippen molar-refractivity contribution in [1.29, 1.82) is 0 Å². The van der Waals surface area contributed by atoms with Crippen LogP contribution in [-0.2, 0) is 17.9 Å². The van der Waals surface area contributed by atoms with E-state index in [0.717, 1.165) is 10.0 Å². The molecule has 0 unspecified atom stereocenters. The van der Waals surface area contributed by atoms with Crippen molar-refractivity contribution in [3.05, 3.63) is 81.8 Å². The number of ether oxygens (including phenoxy) is 1. The van der Waals surface area contributed by atoms with Gasteiger partial charge in [-0.2, -0.15) is 0 Å². The van der Waals surface area contributed by atoms with E-state index in [9.17, 15) is 4.79 Å². The first kappa shape index (κ1) is 17.5. The molecule has 7 heteroatoms. The predicted octanol–water partition coefficient (Wildman–Crippen LogP) is 5.17. The van der Waals surface area contributed by atoms with Crippen molar-refractivity contribution in [2.45, 2.75) is 13.2 Å². The van der Waals surface area contributed by atoms with Crippen LogP contribution in [-0.4, -0.2) is 16.1 Å². The lowest BCUT2D eigenvalue weighted by molar-refractivity contribution is 0.146. The van der Waals surface area contributed by atoms with Crippen LogP contribution in [0.2, 0.25) is 5.02 Å². The molecule has 0 spiro atoms. The molecule has 1 N–H and O–H groups in total. The second kappa shape index (κ2) is 8.18. The van der Waals surface area contributed by atoms with Crippen molar-refractivity contribution in [3.8, 4) is 0 Å². The summed E-state index contributed by atoms with van der Waals surface area (Å²) in [5.41, 5.74) is 1.55. The molecule has 0 aliphatic heterocycles. The topological polar surface area (TPSA) is 58.2 Å². The monoisotopic (exact) mass is 419 g/mol. The Morgan fingerprint density at radius 1 is 1.24 bits per heavy atom. The highest BCUT2D eigenvalue weighted by atomic mass is 79.9. The summed E-state index contributed by atoms with van der Waals surface area (Å²) < 4.78 is 6.21. The summed E-state index contributed by atoms with van der Waals surface area (Å²) in [4.78, 5) is 21.3. The third-order valence-corrected chi connectivity index (χ3v) is 4.74. The van der Waals surface area contributed by atoms with Gasteiger partial charge in [-0.3, -0.25) is 4.90 Å². The van der Waals surface area contributed by atoms with Gasteiger partial charge in [0.25, 0.3) is 0 Å². The molecule has 1 amide bonds.